The van der Waals surface area contributed by atoms with Crippen molar-refractivity contribution in [3.05, 3.63) is 84.8 Å². The van der Waals surface area contributed by atoms with Crippen LogP contribution >= 0.6 is 34.8 Å². The number of rotatable bonds is 6. The van der Waals surface area contributed by atoms with Crippen molar-refractivity contribution in [2.45, 2.75) is 26.7 Å². The van der Waals surface area contributed by atoms with Gasteiger partial charge in [-0.25, -0.2) is 0 Å². The minimum atomic E-state index is -0.347. The molecule has 0 bridgehead atoms. The third kappa shape index (κ3) is 5.01. The molecule has 8 heteroatoms. The highest BCUT2D eigenvalue weighted by atomic mass is 35.5. The summed E-state index contributed by atoms with van der Waals surface area (Å²) in [4.78, 5) is 23.6. The molecule has 0 amide bonds. The molecule has 0 radical (unpaired) electrons. The lowest BCUT2D eigenvalue weighted by Crippen LogP contribution is -2.01. The van der Waals surface area contributed by atoms with Gasteiger partial charge in [0.25, 0.3) is 0 Å². The third-order valence-electron chi connectivity index (χ3n) is 5.06. The highest BCUT2D eigenvalue weighted by Crippen LogP contribution is 2.37. The van der Waals surface area contributed by atoms with Crippen molar-refractivity contribution >= 4 is 46.4 Å². The van der Waals surface area contributed by atoms with Gasteiger partial charge in [-0.15, -0.1) is 0 Å². The average molecular weight is 494 g/mol. The van der Waals surface area contributed by atoms with Crippen LogP contribution in [0.25, 0.3) is 0 Å². The lowest BCUT2D eigenvalue weighted by Gasteiger charge is -2.15. The number of Topliss-reactive ketones (excluding diaryl/α,β-unsaturated/α-hetero) is 2. The van der Waals surface area contributed by atoms with E-state index in [-0.39, 0.29) is 62.8 Å². The molecule has 0 aliphatic rings. The molecule has 5 nitrogen and oxygen atoms in total. The fourth-order valence-electron chi connectivity index (χ4n) is 3.52. The topological polar surface area (TPSA) is 94.8 Å². The van der Waals surface area contributed by atoms with Gasteiger partial charge in [0.1, 0.15) is 17.2 Å². The van der Waals surface area contributed by atoms with E-state index in [9.17, 15) is 24.9 Å². The molecule has 0 heterocycles. The Labute approximate surface area is 199 Å². The predicted molar refractivity (Wildman–Crippen MR) is 125 cm³/mol. The first-order chi connectivity index (χ1) is 15.0. The van der Waals surface area contributed by atoms with Gasteiger partial charge in [-0.1, -0.05) is 34.8 Å². The molecular formula is C24H19Cl3O5. The van der Waals surface area contributed by atoms with Crippen molar-refractivity contribution in [1.29, 1.82) is 0 Å². The lowest BCUT2D eigenvalue weighted by molar-refractivity contribution is 0.100. The van der Waals surface area contributed by atoms with Gasteiger partial charge < -0.3 is 15.3 Å². The first-order valence-electron chi connectivity index (χ1n) is 9.52. The van der Waals surface area contributed by atoms with Gasteiger partial charge >= 0.3 is 0 Å². The Morgan fingerprint density at radius 2 is 0.875 bits per heavy atom. The number of halogens is 3. The fraction of sp³-hybridized carbons (Fsp3) is 0.167. The summed E-state index contributed by atoms with van der Waals surface area (Å²) >= 11 is 18.5. The molecule has 32 heavy (non-hydrogen) atoms. The predicted octanol–water partition coefficient (Wildman–Crippen LogP) is 6.35. The zero-order valence-electron chi connectivity index (χ0n) is 17.2. The summed E-state index contributed by atoms with van der Waals surface area (Å²) in [5.41, 5.74) is 1.61. The minimum absolute atomic E-state index is 0.0479. The zero-order chi connectivity index (χ0) is 23.7. The van der Waals surface area contributed by atoms with Crippen LogP contribution in [0.3, 0.4) is 0 Å². The van der Waals surface area contributed by atoms with Crippen LogP contribution in [0, 0.1) is 0 Å². The number of hydrogen-bond donors (Lipinski definition) is 3. The van der Waals surface area contributed by atoms with E-state index in [0.717, 1.165) is 0 Å². The third-order valence-corrected chi connectivity index (χ3v) is 5.71. The normalized spacial score (nSPS) is 10.9. The average Bonchev–Trinajstić information content (AvgIpc) is 2.69. The van der Waals surface area contributed by atoms with Crippen LogP contribution in [0.15, 0.2) is 36.4 Å². The van der Waals surface area contributed by atoms with E-state index in [2.05, 4.69) is 0 Å². The number of phenols is 3. The number of benzene rings is 3. The number of hydrogen-bond acceptors (Lipinski definition) is 5. The molecule has 3 aromatic carbocycles. The molecule has 3 N–H and O–H groups in total. The summed E-state index contributed by atoms with van der Waals surface area (Å²) < 4.78 is 0. The van der Waals surface area contributed by atoms with Crippen LogP contribution < -0.4 is 0 Å². The molecule has 0 aliphatic heterocycles. The lowest BCUT2D eigenvalue weighted by atomic mass is 9.94. The van der Waals surface area contributed by atoms with Gasteiger partial charge in [0, 0.05) is 50.2 Å². The Kier molecular flexibility index (Phi) is 7.03. The molecule has 3 aromatic rings. The standard InChI is InChI=1S/C24H19Cl3O5/c1-11(28)20-9-18(26)7-15(23(20)31)3-13-5-17(25)6-14(22(13)30)4-16-8-19(27)10-21(12(2)29)24(16)32/h5-10,30-32H,3-4H2,1-2H3. The van der Waals surface area contributed by atoms with E-state index in [1.54, 1.807) is 0 Å². The second kappa shape index (κ2) is 9.41. The van der Waals surface area contributed by atoms with Gasteiger partial charge in [-0.3, -0.25) is 9.59 Å². The summed E-state index contributed by atoms with van der Waals surface area (Å²) in [6.07, 6.45) is 0.0958. The van der Waals surface area contributed by atoms with E-state index in [4.69, 9.17) is 34.8 Å². The maximum Gasteiger partial charge on any atom is 0.163 e. The first-order valence-corrected chi connectivity index (χ1v) is 10.7. The van der Waals surface area contributed by atoms with E-state index >= 15 is 0 Å². The summed E-state index contributed by atoms with van der Waals surface area (Å²) in [5, 5.41) is 32.7. The Morgan fingerprint density at radius 3 is 1.19 bits per heavy atom. The van der Waals surface area contributed by atoms with E-state index in [1.807, 2.05) is 0 Å². The molecule has 0 spiro atoms. The maximum atomic E-state index is 11.8. The molecule has 0 fully saturated rings. The van der Waals surface area contributed by atoms with Crippen LogP contribution in [0.4, 0.5) is 0 Å². The second-order valence-corrected chi connectivity index (χ2v) is 8.77. The zero-order valence-corrected chi connectivity index (χ0v) is 19.4. The summed E-state index contributed by atoms with van der Waals surface area (Å²) in [6, 6.07) is 8.83. The molecule has 3 rings (SSSR count). The van der Waals surface area contributed by atoms with Gasteiger partial charge in [-0.05, 0) is 50.2 Å². The van der Waals surface area contributed by atoms with E-state index in [0.29, 0.717) is 27.3 Å². The van der Waals surface area contributed by atoms with Crippen molar-refractivity contribution in [3.63, 3.8) is 0 Å². The Morgan fingerprint density at radius 1 is 0.594 bits per heavy atom. The van der Waals surface area contributed by atoms with Crippen LogP contribution in [-0.4, -0.2) is 26.9 Å². The Hall–Kier alpha value is -2.73. The molecule has 0 aliphatic carbocycles. The molecule has 0 atom stereocenters. The van der Waals surface area contributed by atoms with Crippen LogP contribution in [-0.2, 0) is 12.8 Å². The van der Waals surface area contributed by atoms with E-state index in [1.165, 1.54) is 50.2 Å². The SMILES string of the molecule is CC(=O)c1cc(Cl)cc(Cc2cc(Cl)cc(Cc3cc(Cl)cc(C(C)=O)c3O)c2O)c1O. The fourth-order valence-corrected chi connectivity index (χ4v) is 4.26. The second-order valence-electron chi connectivity index (χ2n) is 7.46. The minimum Gasteiger partial charge on any atom is -0.507 e. The Bertz CT molecular complexity index is 1160. The molecule has 166 valence electrons. The van der Waals surface area contributed by atoms with Crippen molar-refractivity contribution in [2.75, 3.05) is 0 Å². The molecule has 0 saturated carbocycles. The molecule has 0 unspecified atom stereocenters. The Balaban J connectivity index is 2.05. The largest absolute Gasteiger partial charge is 0.507 e. The van der Waals surface area contributed by atoms with Crippen molar-refractivity contribution in [1.82, 2.24) is 0 Å². The smallest absolute Gasteiger partial charge is 0.163 e. The number of ketones is 2. The maximum absolute atomic E-state index is 11.8. The monoisotopic (exact) mass is 492 g/mol. The molecule has 0 aromatic heterocycles. The van der Waals surface area contributed by atoms with Gasteiger partial charge in [0.05, 0.1) is 11.1 Å². The summed E-state index contributed by atoms with van der Waals surface area (Å²) in [6.45, 7) is 2.63. The number of carbonyl (C=O) groups excluding carboxylic acids is 2. The van der Waals surface area contributed by atoms with Gasteiger partial charge in [0.15, 0.2) is 11.6 Å². The van der Waals surface area contributed by atoms with Crippen LogP contribution in [0.1, 0.15) is 56.8 Å². The first kappa shape index (κ1) is 23.9. The van der Waals surface area contributed by atoms with E-state index < -0.39 is 0 Å². The number of carbonyl (C=O) groups is 2. The summed E-state index contributed by atoms with van der Waals surface area (Å²) in [5.74, 6) is -1.25. The van der Waals surface area contributed by atoms with Crippen molar-refractivity contribution in [2.24, 2.45) is 0 Å². The van der Waals surface area contributed by atoms with Crippen LogP contribution in [0.2, 0.25) is 15.1 Å². The number of phenolic OH excluding ortho intramolecular Hbond substituents is 3. The van der Waals surface area contributed by atoms with Crippen LogP contribution in [0.5, 0.6) is 17.2 Å². The molecule has 0 saturated heterocycles. The van der Waals surface area contributed by atoms with Crippen molar-refractivity contribution < 1.29 is 24.9 Å². The highest BCUT2D eigenvalue weighted by Gasteiger charge is 2.19. The highest BCUT2D eigenvalue weighted by molar-refractivity contribution is 6.31. The van der Waals surface area contributed by atoms with Crippen molar-refractivity contribution in [3.8, 4) is 17.2 Å². The number of aromatic hydroxyl groups is 3. The van der Waals surface area contributed by atoms with Gasteiger partial charge in [-0.2, -0.15) is 0 Å². The summed E-state index contributed by atoms with van der Waals surface area (Å²) in [7, 11) is 0. The quantitative estimate of drug-likeness (QED) is 0.348. The van der Waals surface area contributed by atoms with Gasteiger partial charge in [0.2, 0.25) is 0 Å². The molecular weight excluding hydrogens is 475 g/mol.